The third-order valence-electron chi connectivity index (χ3n) is 2.46. The molecule has 0 aliphatic rings. The fourth-order valence-corrected chi connectivity index (χ4v) is 1.84. The van der Waals surface area contributed by atoms with Crippen LogP contribution in [0.15, 0.2) is 23.3 Å². The number of rotatable bonds is 7. The molecule has 0 aliphatic heterocycles. The summed E-state index contributed by atoms with van der Waals surface area (Å²) in [7, 11) is 0. The topological polar surface area (TPSA) is 122 Å². The van der Waals surface area contributed by atoms with Crippen LogP contribution in [-0.2, 0) is 32.1 Å². The van der Waals surface area contributed by atoms with Crippen LogP contribution in [-0.4, -0.2) is 29.3 Å². The largest absolute Gasteiger partial charge is 0.481 e. The molecule has 0 fully saturated rings. The van der Waals surface area contributed by atoms with Crippen molar-refractivity contribution in [1.82, 2.24) is 0 Å². The number of benzene rings is 1. The molecule has 0 saturated carbocycles. The van der Waals surface area contributed by atoms with Gasteiger partial charge in [-0.05, 0) is 49.6 Å². The van der Waals surface area contributed by atoms with Crippen LogP contribution in [0, 0.1) is 0 Å². The van der Waals surface area contributed by atoms with Crippen LogP contribution >= 0.6 is 0 Å². The molecule has 1 aromatic rings. The van der Waals surface area contributed by atoms with Crippen molar-refractivity contribution in [3.05, 3.63) is 39.8 Å². The van der Waals surface area contributed by atoms with E-state index in [0.717, 1.165) is 0 Å². The number of carbonyl (C=O) groups excluding carboxylic acids is 1. The number of azide groups is 1. The second kappa shape index (κ2) is 8.17. The standard InChI is InChI=1S/C15H19N3O5/c1-15(2,3)23-14(21)9-22-8-11-4-10(7-13(19)20)5-12(6-11)17-18-16/h4-6H,7-9H2,1-3H3,(H,19,20). The molecule has 1 aromatic carbocycles. The summed E-state index contributed by atoms with van der Waals surface area (Å²) < 4.78 is 10.4. The number of carboxylic acids is 1. The van der Waals surface area contributed by atoms with Gasteiger partial charge in [-0.2, -0.15) is 0 Å². The van der Waals surface area contributed by atoms with Crippen molar-refractivity contribution >= 4 is 17.6 Å². The predicted octanol–water partition coefficient (Wildman–Crippen LogP) is 3.11. The molecule has 0 unspecified atom stereocenters. The van der Waals surface area contributed by atoms with E-state index in [1.54, 1.807) is 32.9 Å². The van der Waals surface area contributed by atoms with Gasteiger partial charge in [-0.3, -0.25) is 4.79 Å². The van der Waals surface area contributed by atoms with Crippen molar-refractivity contribution in [2.75, 3.05) is 6.61 Å². The van der Waals surface area contributed by atoms with E-state index in [1.165, 1.54) is 6.07 Å². The quantitative estimate of drug-likeness (QED) is 0.358. The maximum atomic E-state index is 11.5. The fraction of sp³-hybridized carbons (Fsp3) is 0.467. The molecule has 1 rings (SSSR count). The minimum absolute atomic E-state index is 0.0701. The number of aliphatic carboxylic acids is 1. The lowest BCUT2D eigenvalue weighted by atomic mass is 10.1. The molecule has 0 heterocycles. The van der Waals surface area contributed by atoms with Crippen LogP contribution in [0.3, 0.4) is 0 Å². The average molecular weight is 321 g/mol. The van der Waals surface area contributed by atoms with E-state index in [0.29, 0.717) is 16.8 Å². The maximum absolute atomic E-state index is 11.5. The van der Waals surface area contributed by atoms with E-state index < -0.39 is 17.5 Å². The van der Waals surface area contributed by atoms with E-state index >= 15 is 0 Å². The molecule has 0 aliphatic carbocycles. The Morgan fingerprint density at radius 2 is 1.91 bits per heavy atom. The predicted molar refractivity (Wildman–Crippen MR) is 82.1 cm³/mol. The van der Waals surface area contributed by atoms with Gasteiger partial charge in [-0.1, -0.05) is 11.2 Å². The zero-order valence-electron chi connectivity index (χ0n) is 13.3. The second-order valence-corrected chi connectivity index (χ2v) is 5.85. The fourth-order valence-electron chi connectivity index (χ4n) is 1.84. The Morgan fingerprint density at radius 3 is 2.48 bits per heavy atom. The first kappa shape index (κ1) is 18.5. The first-order chi connectivity index (χ1) is 10.7. The summed E-state index contributed by atoms with van der Waals surface area (Å²) in [6.45, 7) is 5.11. The highest BCUT2D eigenvalue weighted by atomic mass is 16.6. The van der Waals surface area contributed by atoms with Gasteiger partial charge in [0.05, 0.1) is 13.0 Å². The van der Waals surface area contributed by atoms with Gasteiger partial charge in [0.1, 0.15) is 12.2 Å². The smallest absolute Gasteiger partial charge is 0.332 e. The van der Waals surface area contributed by atoms with Gasteiger partial charge in [-0.25, -0.2) is 4.79 Å². The number of esters is 1. The van der Waals surface area contributed by atoms with Gasteiger partial charge < -0.3 is 14.6 Å². The zero-order valence-corrected chi connectivity index (χ0v) is 13.3. The lowest BCUT2D eigenvalue weighted by Crippen LogP contribution is -2.26. The second-order valence-electron chi connectivity index (χ2n) is 5.85. The van der Waals surface area contributed by atoms with Crippen LogP contribution in [0.1, 0.15) is 31.9 Å². The molecule has 0 amide bonds. The van der Waals surface area contributed by atoms with Crippen molar-refractivity contribution in [2.45, 2.75) is 39.4 Å². The Bertz CT molecular complexity index is 630. The molecule has 1 N–H and O–H groups in total. The van der Waals surface area contributed by atoms with Crippen molar-refractivity contribution in [1.29, 1.82) is 0 Å². The molecule has 8 heteroatoms. The third-order valence-corrected chi connectivity index (χ3v) is 2.46. The van der Waals surface area contributed by atoms with Crippen LogP contribution in [0.2, 0.25) is 0 Å². The summed E-state index contributed by atoms with van der Waals surface area (Å²) in [6.07, 6.45) is -0.201. The molecule has 0 radical (unpaired) electrons. The maximum Gasteiger partial charge on any atom is 0.332 e. The number of carbonyl (C=O) groups is 2. The van der Waals surface area contributed by atoms with E-state index in [9.17, 15) is 9.59 Å². The first-order valence-electron chi connectivity index (χ1n) is 6.89. The van der Waals surface area contributed by atoms with Crippen molar-refractivity contribution in [2.24, 2.45) is 5.11 Å². The van der Waals surface area contributed by atoms with E-state index in [4.69, 9.17) is 20.1 Å². The molecule has 8 nitrogen and oxygen atoms in total. The average Bonchev–Trinajstić information content (AvgIpc) is 2.35. The van der Waals surface area contributed by atoms with E-state index in [-0.39, 0.29) is 19.6 Å². The summed E-state index contributed by atoms with van der Waals surface area (Å²) in [6, 6.07) is 4.69. The lowest BCUT2D eigenvalue weighted by molar-refractivity contribution is -0.160. The van der Waals surface area contributed by atoms with Gasteiger partial charge in [-0.15, -0.1) is 0 Å². The highest BCUT2D eigenvalue weighted by Gasteiger charge is 2.16. The molecular formula is C15H19N3O5. The molecule has 0 atom stereocenters. The Balaban J connectivity index is 2.71. The summed E-state index contributed by atoms with van der Waals surface area (Å²) in [4.78, 5) is 25.0. The van der Waals surface area contributed by atoms with Crippen molar-refractivity contribution < 1.29 is 24.2 Å². The molecule has 0 saturated heterocycles. The minimum atomic E-state index is -0.997. The molecule has 0 aromatic heterocycles. The normalized spacial score (nSPS) is 10.7. The highest BCUT2D eigenvalue weighted by molar-refractivity contribution is 5.71. The van der Waals surface area contributed by atoms with Crippen molar-refractivity contribution in [3.8, 4) is 0 Å². The van der Waals surface area contributed by atoms with Crippen molar-refractivity contribution in [3.63, 3.8) is 0 Å². The monoisotopic (exact) mass is 321 g/mol. The summed E-state index contributed by atoms with van der Waals surface area (Å²) in [5.74, 6) is -1.49. The number of hydrogen-bond donors (Lipinski definition) is 1. The zero-order chi connectivity index (χ0) is 17.5. The van der Waals surface area contributed by atoms with E-state index in [2.05, 4.69) is 10.0 Å². The van der Waals surface area contributed by atoms with Gasteiger partial charge >= 0.3 is 11.9 Å². The molecule has 0 bridgehead atoms. The number of carboxylic acid groups (broad SMARTS) is 1. The van der Waals surface area contributed by atoms with E-state index in [1.807, 2.05) is 0 Å². The molecule has 124 valence electrons. The van der Waals surface area contributed by atoms with Crippen LogP contribution in [0.25, 0.3) is 10.4 Å². The lowest BCUT2D eigenvalue weighted by Gasteiger charge is -2.19. The minimum Gasteiger partial charge on any atom is -0.481 e. The Labute approximate surface area is 133 Å². The number of nitrogens with zero attached hydrogens (tertiary/aromatic N) is 3. The third kappa shape index (κ3) is 7.85. The van der Waals surface area contributed by atoms with Gasteiger partial charge in [0.25, 0.3) is 0 Å². The van der Waals surface area contributed by atoms with Crippen LogP contribution in [0.5, 0.6) is 0 Å². The van der Waals surface area contributed by atoms with Gasteiger partial charge in [0, 0.05) is 10.6 Å². The Hall–Kier alpha value is -2.57. The molecular weight excluding hydrogens is 302 g/mol. The Morgan fingerprint density at radius 1 is 1.26 bits per heavy atom. The van der Waals surface area contributed by atoms with Crippen LogP contribution < -0.4 is 0 Å². The molecule has 0 spiro atoms. The summed E-state index contributed by atoms with van der Waals surface area (Å²) in [5.41, 5.74) is 9.29. The summed E-state index contributed by atoms with van der Waals surface area (Å²) >= 11 is 0. The SMILES string of the molecule is CC(C)(C)OC(=O)COCc1cc(CC(=O)O)cc(N=[N+]=[N-])c1. The number of hydrogen-bond acceptors (Lipinski definition) is 5. The molecule has 23 heavy (non-hydrogen) atoms. The van der Waals surface area contributed by atoms with Gasteiger partial charge in [0.2, 0.25) is 0 Å². The van der Waals surface area contributed by atoms with Gasteiger partial charge in [0.15, 0.2) is 0 Å². The highest BCUT2D eigenvalue weighted by Crippen LogP contribution is 2.19. The summed E-state index contributed by atoms with van der Waals surface area (Å²) in [5, 5.41) is 12.3. The number of ether oxygens (including phenoxy) is 2. The van der Waals surface area contributed by atoms with Crippen LogP contribution in [0.4, 0.5) is 5.69 Å². The first-order valence-corrected chi connectivity index (χ1v) is 6.89. The Kier molecular flexibility index (Phi) is 6.56.